The summed E-state index contributed by atoms with van der Waals surface area (Å²) in [6, 6.07) is 24.4. The number of fused-ring (bicyclic) bond motifs is 1. The van der Waals surface area contributed by atoms with Gasteiger partial charge in [-0.2, -0.15) is 0 Å². The van der Waals surface area contributed by atoms with Gasteiger partial charge in [0.25, 0.3) is 0 Å². The van der Waals surface area contributed by atoms with E-state index in [0.717, 1.165) is 64.3 Å². The zero-order valence-corrected chi connectivity index (χ0v) is 21.4. The number of amides is 1. The lowest BCUT2D eigenvalue weighted by Gasteiger charge is -2.31. The Morgan fingerprint density at radius 3 is 2.63 bits per heavy atom. The van der Waals surface area contributed by atoms with E-state index in [9.17, 15) is 4.79 Å². The molecule has 6 nitrogen and oxygen atoms in total. The average Bonchev–Trinajstić information content (AvgIpc) is 3.26. The fourth-order valence-corrected chi connectivity index (χ4v) is 5.01. The highest BCUT2D eigenvalue weighted by Gasteiger charge is 2.27. The second-order valence-corrected chi connectivity index (χ2v) is 9.88. The van der Waals surface area contributed by atoms with Gasteiger partial charge in [-0.05, 0) is 73.5 Å². The van der Waals surface area contributed by atoms with Gasteiger partial charge in [0.05, 0.1) is 30.6 Å². The first-order valence-corrected chi connectivity index (χ1v) is 12.8. The fourth-order valence-electron chi connectivity index (χ4n) is 4.75. The topological polar surface area (TPSA) is 59.4 Å². The third kappa shape index (κ3) is 5.41. The number of imidazole rings is 1. The number of hydrogen-bond donors (Lipinski definition) is 1. The first kappa shape index (κ1) is 23.6. The molecular formula is C28H29BrN4O2. The van der Waals surface area contributed by atoms with Crippen LogP contribution in [0.5, 0.6) is 5.75 Å². The zero-order valence-electron chi connectivity index (χ0n) is 19.8. The molecule has 1 aliphatic rings. The molecule has 0 unspecified atom stereocenters. The monoisotopic (exact) mass is 532 g/mol. The molecule has 1 saturated heterocycles. The predicted molar refractivity (Wildman–Crippen MR) is 142 cm³/mol. The Morgan fingerprint density at radius 2 is 1.86 bits per heavy atom. The summed E-state index contributed by atoms with van der Waals surface area (Å²) in [6.07, 6.45) is 1.91. The number of likely N-dealkylation sites (tertiary alicyclic amines) is 1. The van der Waals surface area contributed by atoms with Crippen LogP contribution in [0.2, 0.25) is 0 Å². The number of piperidine rings is 1. The van der Waals surface area contributed by atoms with E-state index in [1.54, 1.807) is 7.11 Å². The first-order chi connectivity index (χ1) is 17.1. The summed E-state index contributed by atoms with van der Waals surface area (Å²) in [4.78, 5) is 20.3. The van der Waals surface area contributed by atoms with Crippen LogP contribution in [-0.2, 0) is 17.9 Å². The minimum absolute atomic E-state index is 0.0208. The van der Waals surface area contributed by atoms with Crippen LogP contribution in [0.15, 0.2) is 77.3 Å². The molecule has 2 heterocycles. The van der Waals surface area contributed by atoms with Crippen LogP contribution >= 0.6 is 15.9 Å². The summed E-state index contributed by atoms with van der Waals surface area (Å²) in [7, 11) is 1.65. The van der Waals surface area contributed by atoms with Crippen LogP contribution in [-0.4, -0.2) is 40.6 Å². The maximum Gasteiger partial charge on any atom is 0.224 e. The number of ether oxygens (including phenoxy) is 1. The highest BCUT2D eigenvalue weighted by atomic mass is 79.9. The predicted octanol–water partition coefficient (Wildman–Crippen LogP) is 5.33. The molecule has 180 valence electrons. The third-order valence-corrected chi connectivity index (χ3v) is 7.11. The van der Waals surface area contributed by atoms with Gasteiger partial charge in [0, 0.05) is 23.2 Å². The molecule has 0 aliphatic carbocycles. The number of methoxy groups -OCH3 is 1. The molecule has 1 fully saturated rings. The molecule has 0 saturated carbocycles. The van der Waals surface area contributed by atoms with Gasteiger partial charge in [-0.15, -0.1) is 0 Å². The molecule has 1 aromatic heterocycles. The molecule has 4 aromatic rings. The first-order valence-electron chi connectivity index (χ1n) is 12.0. The van der Waals surface area contributed by atoms with E-state index < -0.39 is 0 Å². The Bertz CT molecular complexity index is 1300. The molecule has 0 bridgehead atoms. The lowest BCUT2D eigenvalue weighted by Crippen LogP contribution is -2.42. The molecule has 7 heteroatoms. The van der Waals surface area contributed by atoms with E-state index in [1.807, 2.05) is 36.4 Å². The Hall–Kier alpha value is -3.16. The Balaban J connectivity index is 1.29. The second kappa shape index (κ2) is 10.6. The largest absolute Gasteiger partial charge is 0.497 e. The van der Waals surface area contributed by atoms with Gasteiger partial charge in [-0.3, -0.25) is 14.3 Å². The van der Waals surface area contributed by atoms with Crippen LogP contribution in [0, 0.1) is 5.92 Å². The third-order valence-electron chi connectivity index (χ3n) is 6.58. The summed E-state index contributed by atoms with van der Waals surface area (Å²) in [5.74, 6) is 1.91. The number of carbonyl (C=O) groups is 1. The quantitative estimate of drug-likeness (QED) is 0.349. The SMILES string of the molecule is COc1ccc(CNC(=O)[C@@H]2CCCN(Cc3nc4ccccc4n3-c3ccc(Br)cc3)C2)cc1. The molecule has 1 amide bonds. The summed E-state index contributed by atoms with van der Waals surface area (Å²) < 4.78 is 8.49. The number of aromatic nitrogens is 2. The summed E-state index contributed by atoms with van der Waals surface area (Å²) in [6.45, 7) is 2.93. The molecule has 35 heavy (non-hydrogen) atoms. The Labute approximate surface area is 214 Å². The van der Waals surface area contributed by atoms with E-state index in [0.29, 0.717) is 13.1 Å². The molecular weight excluding hydrogens is 504 g/mol. The number of hydrogen-bond acceptors (Lipinski definition) is 4. The summed E-state index contributed by atoms with van der Waals surface area (Å²) in [5, 5.41) is 3.12. The molecule has 1 aliphatic heterocycles. The standard InChI is InChI=1S/C28H29BrN4O2/c1-35-24-14-8-20(9-15-24)17-30-28(34)21-5-4-16-32(18-21)19-27-31-25-6-2-3-7-26(25)33(27)23-12-10-22(29)11-13-23/h2-3,6-15,21H,4-5,16-19H2,1H3,(H,30,34)/t21-/m1/s1. The highest BCUT2D eigenvalue weighted by molar-refractivity contribution is 9.10. The minimum atomic E-state index is -0.0208. The number of nitrogens with one attached hydrogen (secondary N) is 1. The maximum atomic E-state index is 13.0. The summed E-state index contributed by atoms with van der Waals surface area (Å²) >= 11 is 3.53. The van der Waals surface area contributed by atoms with Gasteiger partial charge in [0.1, 0.15) is 11.6 Å². The normalized spacial score (nSPS) is 16.3. The number of carbonyl (C=O) groups excluding carboxylic acids is 1. The van der Waals surface area contributed by atoms with Gasteiger partial charge in [0.2, 0.25) is 5.91 Å². The molecule has 0 spiro atoms. The molecule has 3 aromatic carbocycles. The number of nitrogens with zero attached hydrogens (tertiary/aromatic N) is 3. The lowest BCUT2D eigenvalue weighted by molar-refractivity contribution is -0.127. The highest BCUT2D eigenvalue weighted by Crippen LogP contribution is 2.26. The number of benzene rings is 3. The number of rotatable bonds is 7. The van der Waals surface area contributed by atoms with Crippen molar-refractivity contribution in [3.63, 3.8) is 0 Å². The van der Waals surface area contributed by atoms with Crippen molar-refractivity contribution in [2.75, 3.05) is 20.2 Å². The van der Waals surface area contributed by atoms with Crippen LogP contribution in [0.4, 0.5) is 0 Å². The summed E-state index contributed by atoms with van der Waals surface area (Å²) in [5.41, 5.74) is 4.23. The molecule has 1 N–H and O–H groups in total. The van der Waals surface area contributed by atoms with Crippen molar-refractivity contribution in [3.8, 4) is 11.4 Å². The maximum absolute atomic E-state index is 13.0. The van der Waals surface area contributed by atoms with Gasteiger partial charge < -0.3 is 10.1 Å². The van der Waals surface area contributed by atoms with E-state index in [-0.39, 0.29) is 11.8 Å². The van der Waals surface area contributed by atoms with E-state index in [4.69, 9.17) is 9.72 Å². The number of halogens is 1. The molecule has 5 rings (SSSR count). The van der Waals surface area contributed by atoms with Crippen LogP contribution in [0.1, 0.15) is 24.2 Å². The minimum Gasteiger partial charge on any atom is -0.497 e. The van der Waals surface area contributed by atoms with Crippen molar-refractivity contribution in [1.82, 2.24) is 19.8 Å². The lowest BCUT2D eigenvalue weighted by atomic mass is 9.97. The fraction of sp³-hybridized carbons (Fsp3) is 0.286. The van der Waals surface area contributed by atoms with Crippen LogP contribution < -0.4 is 10.1 Å². The van der Waals surface area contributed by atoms with Crippen LogP contribution in [0.25, 0.3) is 16.7 Å². The van der Waals surface area contributed by atoms with Crippen molar-refractivity contribution >= 4 is 32.9 Å². The Morgan fingerprint density at radius 1 is 1.09 bits per heavy atom. The van der Waals surface area contributed by atoms with Gasteiger partial charge >= 0.3 is 0 Å². The van der Waals surface area contributed by atoms with Crippen molar-refractivity contribution < 1.29 is 9.53 Å². The van der Waals surface area contributed by atoms with Crippen LogP contribution in [0.3, 0.4) is 0 Å². The smallest absolute Gasteiger partial charge is 0.224 e. The number of para-hydroxylation sites is 2. The second-order valence-electron chi connectivity index (χ2n) is 8.97. The molecule has 1 atom stereocenters. The van der Waals surface area contributed by atoms with E-state index in [1.165, 1.54) is 0 Å². The van der Waals surface area contributed by atoms with E-state index in [2.05, 4.69) is 67.1 Å². The van der Waals surface area contributed by atoms with Gasteiger partial charge in [0.15, 0.2) is 0 Å². The van der Waals surface area contributed by atoms with Gasteiger partial charge in [-0.1, -0.05) is 40.2 Å². The van der Waals surface area contributed by atoms with Crippen molar-refractivity contribution in [2.24, 2.45) is 5.92 Å². The van der Waals surface area contributed by atoms with Gasteiger partial charge in [-0.25, -0.2) is 4.98 Å². The Kier molecular flexibility index (Phi) is 7.16. The van der Waals surface area contributed by atoms with Crippen molar-refractivity contribution in [1.29, 1.82) is 0 Å². The average molecular weight is 533 g/mol. The molecule has 0 radical (unpaired) electrons. The van der Waals surface area contributed by atoms with Crippen molar-refractivity contribution in [2.45, 2.75) is 25.9 Å². The van der Waals surface area contributed by atoms with E-state index >= 15 is 0 Å². The van der Waals surface area contributed by atoms with Crippen molar-refractivity contribution in [3.05, 3.63) is 88.7 Å². The zero-order chi connectivity index (χ0) is 24.2.